The van der Waals surface area contributed by atoms with Gasteiger partial charge in [0.15, 0.2) is 11.8 Å². The molecule has 8 heteroatoms. The fourth-order valence-corrected chi connectivity index (χ4v) is 3.21. The molecule has 6 nitrogen and oxygen atoms in total. The Morgan fingerprint density at radius 1 is 1.40 bits per heavy atom. The molecule has 2 aromatic rings. The van der Waals surface area contributed by atoms with Crippen LogP contribution in [0.5, 0.6) is 0 Å². The second kappa shape index (κ2) is 7.45. The molecule has 0 aliphatic rings. The maximum absolute atomic E-state index is 12.2. The van der Waals surface area contributed by atoms with Gasteiger partial charge in [0, 0.05) is 36.8 Å². The van der Waals surface area contributed by atoms with Gasteiger partial charge in [0.2, 0.25) is 0 Å². The summed E-state index contributed by atoms with van der Waals surface area (Å²) in [6.07, 6.45) is 1.53. The monoisotopic (exact) mass is 380 g/mol. The summed E-state index contributed by atoms with van der Waals surface area (Å²) >= 11 is 5.38. The van der Waals surface area contributed by atoms with Crippen molar-refractivity contribution >= 4 is 52.1 Å². The van der Waals surface area contributed by atoms with E-state index in [9.17, 15) is 14.8 Å². The zero-order valence-corrected chi connectivity index (χ0v) is 15.9. The van der Waals surface area contributed by atoms with Gasteiger partial charge in [-0.25, -0.2) is 9.53 Å². The molecule has 2 rings (SSSR count). The molecule has 0 bridgehead atoms. The first-order chi connectivity index (χ1) is 11.6. The van der Waals surface area contributed by atoms with E-state index in [-0.39, 0.29) is 5.75 Å². The summed E-state index contributed by atoms with van der Waals surface area (Å²) in [6.45, 7) is 5.48. The van der Waals surface area contributed by atoms with Crippen LogP contribution >= 0.6 is 24.0 Å². The van der Waals surface area contributed by atoms with E-state index in [0.29, 0.717) is 5.56 Å². The molecule has 1 aromatic carbocycles. The van der Waals surface area contributed by atoms with Gasteiger partial charge in [0.25, 0.3) is 5.91 Å². The fraction of sp³-hybridized carbons (Fsp3) is 0.353. The first-order valence-corrected chi connectivity index (χ1v) is 9.06. The number of carbonyl (C=O) groups is 2. The highest BCUT2D eigenvalue weighted by Gasteiger charge is 2.20. The molecular weight excluding hydrogens is 360 g/mol. The molecule has 1 amide bonds. The van der Waals surface area contributed by atoms with Crippen molar-refractivity contribution in [2.75, 3.05) is 5.75 Å². The Labute approximate surface area is 155 Å². The number of nitrogens with zero attached hydrogens (tertiary/aromatic N) is 1. The summed E-state index contributed by atoms with van der Waals surface area (Å²) in [6, 6.07) is 5.89. The smallest absolute Gasteiger partial charge is 0.327 e. The van der Waals surface area contributed by atoms with E-state index in [2.05, 4.69) is 17.9 Å². The van der Waals surface area contributed by atoms with Gasteiger partial charge < -0.3 is 15.6 Å². The van der Waals surface area contributed by atoms with Crippen molar-refractivity contribution in [2.24, 2.45) is 0 Å². The molecule has 0 aliphatic carbocycles. The van der Waals surface area contributed by atoms with Gasteiger partial charge in [-0.2, -0.15) is 12.6 Å². The third-order valence-corrected chi connectivity index (χ3v) is 4.91. The fourth-order valence-electron chi connectivity index (χ4n) is 2.01. The Balaban J connectivity index is 2.28. The molecule has 0 spiro atoms. The molecule has 1 atom stereocenters. The summed E-state index contributed by atoms with van der Waals surface area (Å²) in [5, 5.41) is 24.3. The second-order valence-corrected chi connectivity index (χ2v) is 8.05. The van der Waals surface area contributed by atoms with Gasteiger partial charge in [-0.05, 0) is 29.7 Å². The van der Waals surface area contributed by atoms with Crippen LogP contribution in [0.15, 0.2) is 24.3 Å². The van der Waals surface area contributed by atoms with Crippen LogP contribution in [-0.2, 0) is 4.79 Å². The minimum atomic E-state index is -1.13. The van der Waals surface area contributed by atoms with Crippen LogP contribution in [0.4, 0.5) is 0 Å². The minimum Gasteiger partial charge on any atom is -0.623 e. The van der Waals surface area contributed by atoms with Gasteiger partial charge >= 0.3 is 5.97 Å². The average Bonchev–Trinajstić information content (AvgIpc) is 2.92. The van der Waals surface area contributed by atoms with Gasteiger partial charge in [0.05, 0.1) is 4.88 Å². The van der Waals surface area contributed by atoms with E-state index in [0.717, 1.165) is 19.7 Å². The zero-order chi connectivity index (χ0) is 18.8. The normalized spacial score (nSPS) is 13.7. The number of carbonyl (C=O) groups excluding carboxylic acids is 1. The first-order valence-electron chi connectivity index (χ1n) is 7.61. The average molecular weight is 380 g/mol. The van der Waals surface area contributed by atoms with Crippen LogP contribution in [0.1, 0.15) is 36.0 Å². The maximum atomic E-state index is 12.2. The molecular formula is C17H20N2O4S2. The van der Waals surface area contributed by atoms with Crippen LogP contribution in [0.2, 0.25) is 0 Å². The van der Waals surface area contributed by atoms with E-state index < -0.39 is 23.5 Å². The Morgan fingerprint density at radius 3 is 2.64 bits per heavy atom. The van der Waals surface area contributed by atoms with Gasteiger partial charge in [-0.1, -0.05) is 0 Å². The third-order valence-electron chi connectivity index (χ3n) is 3.49. The molecule has 0 fully saturated rings. The minimum absolute atomic E-state index is 0.00696. The summed E-state index contributed by atoms with van der Waals surface area (Å²) in [5.74, 6) is -1.60. The number of hydrogen-bond acceptors (Lipinski definition) is 5. The SMILES string of the molecule is CC(C)(C)/[N+]([O-])=C\c1cc2cc(C(=O)NC(CS)C(=O)O)ccc2s1. The Kier molecular flexibility index (Phi) is 5.74. The highest BCUT2D eigenvalue weighted by atomic mass is 32.1. The highest BCUT2D eigenvalue weighted by molar-refractivity contribution is 7.80. The molecule has 1 aromatic heterocycles. The summed E-state index contributed by atoms with van der Waals surface area (Å²) in [5.41, 5.74) is -0.167. The van der Waals surface area contributed by atoms with E-state index in [4.69, 9.17) is 5.11 Å². The number of thiol groups is 1. The summed E-state index contributed by atoms with van der Waals surface area (Å²) in [7, 11) is 0. The van der Waals surface area contributed by atoms with Crippen molar-refractivity contribution in [2.45, 2.75) is 32.4 Å². The van der Waals surface area contributed by atoms with Crippen molar-refractivity contribution in [1.29, 1.82) is 0 Å². The van der Waals surface area contributed by atoms with Crippen molar-refractivity contribution in [3.05, 3.63) is 39.9 Å². The van der Waals surface area contributed by atoms with E-state index in [1.807, 2.05) is 26.8 Å². The van der Waals surface area contributed by atoms with Gasteiger partial charge in [-0.3, -0.25) is 4.79 Å². The van der Waals surface area contributed by atoms with Crippen LogP contribution in [-0.4, -0.2) is 45.3 Å². The maximum Gasteiger partial charge on any atom is 0.327 e. The second-order valence-electron chi connectivity index (χ2n) is 6.57. The quantitative estimate of drug-likeness (QED) is 0.244. The Hall–Kier alpha value is -2.06. The molecule has 2 N–H and O–H groups in total. The lowest BCUT2D eigenvalue weighted by Crippen LogP contribution is -2.42. The van der Waals surface area contributed by atoms with Crippen molar-refractivity contribution in [3.63, 3.8) is 0 Å². The largest absolute Gasteiger partial charge is 0.623 e. The molecule has 0 saturated carbocycles. The number of rotatable bonds is 5. The van der Waals surface area contributed by atoms with E-state index in [1.165, 1.54) is 17.6 Å². The third kappa shape index (κ3) is 4.73. The first kappa shape index (κ1) is 19.3. The Morgan fingerprint density at radius 2 is 2.08 bits per heavy atom. The number of aliphatic carboxylic acids is 1. The molecule has 0 saturated heterocycles. The number of hydrogen-bond donors (Lipinski definition) is 3. The molecule has 1 unspecified atom stereocenters. The summed E-state index contributed by atoms with van der Waals surface area (Å²) in [4.78, 5) is 24.0. The van der Waals surface area contributed by atoms with Crippen LogP contribution in [0.3, 0.4) is 0 Å². The van der Waals surface area contributed by atoms with Gasteiger partial charge in [0.1, 0.15) is 6.04 Å². The lowest BCUT2D eigenvalue weighted by Gasteiger charge is -2.18. The molecule has 0 aliphatic heterocycles. The predicted molar refractivity (Wildman–Crippen MR) is 103 cm³/mol. The lowest BCUT2D eigenvalue weighted by atomic mass is 10.1. The Bertz CT molecular complexity index is 837. The number of thiophene rings is 1. The molecule has 0 radical (unpaired) electrons. The summed E-state index contributed by atoms with van der Waals surface area (Å²) < 4.78 is 1.84. The lowest BCUT2D eigenvalue weighted by molar-refractivity contribution is -0.530. The number of carboxylic acids is 1. The standard InChI is InChI=1S/C17H20N2O4S2/c1-17(2,3)19(23)8-12-7-11-6-10(4-5-14(11)25-12)15(20)18-13(9-24)16(21)22/h4-8,13,24H,9H2,1-3H3,(H,18,20)(H,21,22)/b19-8+. The molecule has 25 heavy (non-hydrogen) atoms. The van der Waals surface area contributed by atoms with E-state index >= 15 is 0 Å². The van der Waals surface area contributed by atoms with Crippen molar-refractivity contribution in [1.82, 2.24) is 5.32 Å². The molecule has 1 heterocycles. The van der Waals surface area contributed by atoms with Crippen molar-refractivity contribution in [3.8, 4) is 0 Å². The number of nitrogens with one attached hydrogen (secondary N) is 1. The highest BCUT2D eigenvalue weighted by Crippen LogP contribution is 2.26. The van der Waals surface area contributed by atoms with Crippen LogP contribution in [0.25, 0.3) is 10.1 Å². The number of fused-ring (bicyclic) bond motifs is 1. The van der Waals surface area contributed by atoms with Gasteiger partial charge in [-0.15, -0.1) is 11.3 Å². The number of hydroxylamine groups is 1. The molecule has 134 valence electrons. The number of benzene rings is 1. The van der Waals surface area contributed by atoms with E-state index in [1.54, 1.807) is 18.2 Å². The zero-order valence-electron chi connectivity index (χ0n) is 14.1. The topological polar surface area (TPSA) is 92.5 Å². The van der Waals surface area contributed by atoms with Crippen LogP contribution in [0, 0.1) is 5.21 Å². The predicted octanol–water partition coefficient (Wildman–Crippen LogP) is 2.74. The number of carboxylic acid groups (broad SMARTS) is 1. The van der Waals surface area contributed by atoms with Crippen molar-refractivity contribution < 1.29 is 19.4 Å². The van der Waals surface area contributed by atoms with Crippen LogP contribution < -0.4 is 5.32 Å². The number of amides is 1.